The molecule has 0 saturated carbocycles. The molecule has 0 amide bonds. The second-order valence-electron chi connectivity index (χ2n) is 3.78. The lowest BCUT2D eigenvalue weighted by atomic mass is 10.1. The molecule has 7 heteroatoms. The van der Waals surface area contributed by atoms with E-state index >= 15 is 0 Å². The van der Waals surface area contributed by atoms with Crippen molar-refractivity contribution >= 4 is 5.96 Å². The number of hydrogen-bond donors (Lipinski definition) is 2. The summed E-state index contributed by atoms with van der Waals surface area (Å²) in [5.74, 6) is 1.64. The van der Waals surface area contributed by atoms with Gasteiger partial charge in [0.05, 0.1) is 12.1 Å². The van der Waals surface area contributed by atoms with Crippen molar-refractivity contribution < 1.29 is 17.6 Å². The topological polar surface area (TPSA) is 36.4 Å². The molecule has 0 unspecified atom stereocenters. The van der Waals surface area contributed by atoms with Gasteiger partial charge in [0.1, 0.15) is 5.82 Å². The molecule has 2 N–H and O–H groups in total. The van der Waals surface area contributed by atoms with Gasteiger partial charge in [-0.3, -0.25) is 4.99 Å². The molecular formula is C13H13F4N3. The number of halogens is 4. The van der Waals surface area contributed by atoms with E-state index in [0.717, 1.165) is 12.1 Å². The SMILES string of the molecule is C#CCNC(=NC)NCc1ccc(F)cc1C(F)(F)F. The summed E-state index contributed by atoms with van der Waals surface area (Å²) in [6.45, 7) is 0.0363. The Labute approximate surface area is 114 Å². The van der Waals surface area contributed by atoms with Crippen molar-refractivity contribution in [1.82, 2.24) is 10.6 Å². The predicted molar refractivity (Wildman–Crippen MR) is 68.4 cm³/mol. The summed E-state index contributed by atoms with van der Waals surface area (Å²) in [6.07, 6.45) is 0.435. The molecule has 0 saturated heterocycles. The summed E-state index contributed by atoms with van der Waals surface area (Å²) in [4.78, 5) is 3.79. The van der Waals surface area contributed by atoms with Crippen LogP contribution in [-0.4, -0.2) is 19.6 Å². The molecule has 0 aromatic heterocycles. The normalized spacial score (nSPS) is 11.9. The highest BCUT2D eigenvalue weighted by molar-refractivity contribution is 5.79. The van der Waals surface area contributed by atoms with Gasteiger partial charge in [-0.25, -0.2) is 4.39 Å². The molecule has 0 spiro atoms. The van der Waals surface area contributed by atoms with E-state index in [0.29, 0.717) is 6.07 Å². The lowest BCUT2D eigenvalue weighted by molar-refractivity contribution is -0.138. The van der Waals surface area contributed by atoms with E-state index in [4.69, 9.17) is 6.42 Å². The summed E-state index contributed by atoms with van der Waals surface area (Å²) in [6, 6.07) is 2.53. The van der Waals surface area contributed by atoms with Crippen LogP contribution in [0.25, 0.3) is 0 Å². The van der Waals surface area contributed by atoms with E-state index in [1.165, 1.54) is 7.05 Å². The van der Waals surface area contributed by atoms with Crippen LogP contribution in [0.1, 0.15) is 11.1 Å². The summed E-state index contributed by atoms with van der Waals surface area (Å²) < 4.78 is 51.2. The summed E-state index contributed by atoms with van der Waals surface area (Å²) in [7, 11) is 1.46. The molecule has 0 bridgehead atoms. The van der Waals surface area contributed by atoms with Gasteiger partial charge in [0.15, 0.2) is 5.96 Å². The average molecular weight is 287 g/mol. The molecule has 108 valence electrons. The maximum Gasteiger partial charge on any atom is 0.416 e. The Kier molecular flexibility index (Phi) is 5.38. The van der Waals surface area contributed by atoms with E-state index in [-0.39, 0.29) is 24.6 Å². The van der Waals surface area contributed by atoms with Crippen LogP contribution in [0.5, 0.6) is 0 Å². The van der Waals surface area contributed by atoms with Crippen molar-refractivity contribution in [3.05, 3.63) is 35.1 Å². The highest BCUT2D eigenvalue weighted by atomic mass is 19.4. The average Bonchev–Trinajstić information content (AvgIpc) is 2.39. The van der Waals surface area contributed by atoms with Gasteiger partial charge in [0.2, 0.25) is 0 Å². The molecule has 0 aliphatic heterocycles. The van der Waals surface area contributed by atoms with E-state index in [1.807, 2.05) is 0 Å². The lowest BCUT2D eigenvalue weighted by Crippen LogP contribution is -2.37. The van der Waals surface area contributed by atoms with Crippen LogP contribution in [0.15, 0.2) is 23.2 Å². The molecule has 0 atom stereocenters. The quantitative estimate of drug-likeness (QED) is 0.387. The van der Waals surface area contributed by atoms with Crippen LogP contribution in [0.2, 0.25) is 0 Å². The Bertz CT molecular complexity index is 529. The molecule has 0 heterocycles. The molecular weight excluding hydrogens is 274 g/mol. The van der Waals surface area contributed by atoms with Gasteiger partial charge in [0.25, 0.3) is 0 Å². The molecule has 0 aliphatic rings. The van der Waals surface area contributed by atoms with Gasteiger partial charge >= 0.3 is 6.18 Å². The first-order chi connectivity index (χ1) is 9.38. The third-order valence-electron chi connectivity index (χ3n) is 2.41. The van der Waals surface area contributed by atoms with E-state index in [2.05, 4.69) is 21.5 Å². The lowest BCUT2D eigenvalue weighted by Gasteiger charge is -2.15. The van der Waals surface area contributed by atoms with E-state index in [9.17, 15) is 17.6 Å². The minimum atomic E-state index is -4.62. The number of alkyl halides is 3. The van der Waals surface area contributed by atoms with Crippen molar-refractivity contribution in [1.29, 1.82) is 0 Å². The first-order valence-corrected chi connectivity index (χ1v) is 5.62. The van der Waals surface area contributed by atoms with Crippen molar-refractivity contribution in [2.45, 2.75) is 12.7 Å². The second kappa shape index (κ2) is 6.80. The summed E-state index contributed by atoms with van der Waals surface area (Å²) in [5.41, 5.74) is -1.10. The zero-order valence-corrected chi connectivity index (χ0v) is 10.7. The molecule has 1 aromatic carbocycles. The third kappa shape index (κ3) is 4.46. The Morgan fingerprint density at radius 2 is 2.05 bits per heavy atom. The molecule has 20 heavy (non-hydrogen) atoms. The fourth-order valence-corrected chi connectivity index (χ4v) is 1.50. The number of nitrogens with one attached hydrogen (secondary N) is 2. The summed E-state index contributed by atoms with van der Waals surface area (Å²) in [5, 5.41) is 5.38. The molecule has 0 radical (unpaired) electrons. The zero-order valence-electron chi connectivity index (χ0n) is 10.7. The van der Waals surface area contributed by atoms with E-state index < -0.39 is 17.6 Å². The highest BCUT2D eigenvalue weighted by Gasteiger charge is 2.33. The number of rotatable bonds is 3. The van der Waals surface area contributed by atoms with Gasteiger partial charge in [0, 0.05) is 13.6 Å². The number of guanidine groups is 1. The number of terminal acetylenes is 1. The zero-order chi connectivity index (χ0) is 15.2. The number of benzene rings is 1. The predicted octanol–water partition coefficient (Wildman–Crippen LogP) is 2.14. The maximum absolute atomic E-state index is 12.9. The van der Waals surface area contributed by atoms with Gasteiger partial charge in [-0.15, -0.1) is 6.42 Å². The fraction of sp³-hybridized carbons (Fsp3) is 0.308. The van der Waals surface area contributed by atoms with Gasteiger partial charge in [-0.05, 0) is 17.7 Å². The van der Waals surface area contributed by atoms with Crippen molar-refractivity contribution in [3.63, 3.8) is 0 Å². The molecule has 1 aromatic rings. The molecule has 0 fully saturated rings. The van der Waals surface area contributed by atoms with Crippen molar-refractivity contribution in [2.24, 2.45) is 4.99 Å². The Hall–Kier alpha value is -2.23. The first-order valence-electron chi connectivity index (χ1n) is 5.62. The molecule has 1 rings (SSSR count). The van der Waals surface area contributed by atoms with Crippen LogP contribution >= 0.6 is 0 Å². The monoisotopic (exact) mass is 287 g/mol. The van der Waals surface area contributed by atoms with Crippen molar-refractivity contribution in [3.8, 4) is 12.3 Å². The maximum atomic E-state index is 12.9. The second-order valence-corrected chi connectivity index (χ2v) is 3.78. The Morgan fingerprint density at radius 1 is 1.35 bits per heavy atom. The van der Waals surface area contributed by atoms with Crippen LogP contribution < -0.4 is 10.6 Å². The minimum absolute atomic E-state index is 0.0810. The summed E-state index contributed by atoms with van der Waals surface area (Å²) >= 11 is 0. The van der Waals surface area contributed by atoms with Crippen LogP contribution in [0.4, 0.5) is 17.6 Å². The number of hydrogen-bond acceptors (Lipinski definition) is 1. The first kappa shape index (κ1) is 15.8. The molecule has 0 aliphatic carbocycles. The minimum Gasteiger partial charge on any atom is -0.352 e. The van der Waals surface area contributed by atoms with Crippen molar-refractivity contribution in [2.75, 3.05) is 13.6 Å². The smallest absolute Gasteiger partial charge is 0.352 e. The van der Waals surface area contributed by atoms with Crippen LogP contribution in [0, 0.1) is 18.2 Å². The van der Waals surface area contributed by atoms with Crippen LogP contribution in [-0.2, 0) is 12.7 Å². The largest absolute Gasteiger partial charge is 0.416 e. The standard InChI is InChI=1S/C13H13F4N3/c1-3-6-19-12(18-2)20-8-9-4-5-10(14)7-11(9)13(15,16)17/h1,4-5,7H,6,8H2,2H3,(H2,18,19,20). The fourth-order valence-electron chi connectivity index (χ4n) is 1.50. The Morgan fingerprint density at radius 3 is 2.60 bits per heavy atom. The van der Waals surface area contributed by atoms with E-state index in [1.54, 1.807) is 0 Å². The Balaban J connectivity index is 2.85. The van der Waals surface area contributed by atoms with Gasteiger partial charge < -0.3 is 10.6 Å². The highest BCUT2D eigenvalue weighted by Crippen LogP contribution is 2.32. The number of nitrogens with zero attached hydrogens (tertiary/aromatic N) is 1. The van der Waals surface area contributed by atoms with Gasteiger partial charge in [-0.2, -0.15) is 13.2 Å². The van der Waals surface area contributed by atoms with Crippen LogP contribution in [0.3, 0.4) is 0 Å². The number of aliphatic imine (C=N–C) groups is 1. The molecule has 3 nitrogen and oxygen atoms in total. The van der Waals surface area contributed by atoms with Gasteiger partial charge in [-0.1, -0.05) is 12.0 Å². The third-order valence-corrected chi connectivity index (χ3v) is 2.41.